The van der Waals surface area contributed by atoms with Gasteiger partial charge in [-0.3, -0.25) is 9.69 Å². The molecule has 7 heteroatoms. The van der Waals surface area contributed by atoms with Crippen LogP contribution in [0.2, 0.25) is 5.02 Å². The Kier molecular flexibility index (Phi) is 7.57. The summed E-state index contributed by atoms with van der Waals surface area (Å²) >= 11 is 8.09. The summed E-state index contributed by atoms with van der Waals surface area (Å²) in [4.78, 5) is 16.5. The first-order valence-electron chi connectivity index (χ1n) is 12.9. The molecule has 1 heterocycles. The monoisotopic (exact) mass is 557 g/mol. The number of nitrogens with two attached hydrogens (primary N) is 1. The molecule has 3 aromatic carbocycles. The molecule has 0 spiro atoms. The summed E-state index contributed by atoms with van der Waals surface area (Å²) in [6.07, 6.45) is 1.84. The number of thioether (sulfide) groups is 1. The zero-order valence-corrected chi connectivity index (χ0v) is 23.7. The van der Waals surface area contributed by atoms with Crippen LogP contribution in [0.5, 0.6) is 0 Å². The number of nitriles is 1. The molecule has 4 nitrogen and oxygen atoms in total. The quantitative estimate of drug-likeness (QED) is 0.322. The van der Waals surface area contributed by atoms with Gasteiger partial charge in [0.05, 0.1) is 23.2 Å². The smallest absolute Gasteiger partial charge is 0.161 e. The Labute approximate surface area is 238 Å². The van der Waals surface area contributed by atoms with Crippen molar-refractivity contribution in [2.45, 2.75) is 56.6 Å². The largest absolute Gasteiger partial charge is 0.384 e. The summed E-state index contributed by atoms with van der Waals surface area (Å²) in [5.74, 6) is 0.261. The lowest BCUT2D eigenvalue weighted by atomic mass is 9.73. The molecule has 0 aromatic heterocycles. The predicted molar refractivity (Wildman–Crippen MR) is 156 cm³/mol. The third-order valence-corrected chi connectivity index (χ3v) is 9.08. The van der Waals surface area contributed by atoms with Crippen LogP contribution >= 0.6 is 23.4 Å². The topological polar surface area (TPSA) is 70.1 Å². The van der Waals surface area contributed by atoms with Gasteiger partial charge in [-0.25, -0.2) is 4.39 Å². The molecule has 39 heavy (non-hydrogen) atoms. The highest BCUT2D eigenvalue weighted by Gasteiger charge is 2.41. The number of benzene rings is 3. The second kappa shape index (κ2) is 10.9. The van der Waals surface area contributed by atoms with E-state index in [0.29, 0.717) is 40.6 Å². The molecule has 5 rings (SSSR count). The standard InChI is InChI=1S/C32H29ClFN3OS/c1-18-14-21(17-39-23-12-10-22(34)11-13-23)19(2)24(15-18)30-25(16-35)32(36)37(27-7-4-6-26(33)20(27)3)28-8-5-9-29(38)31(28)30/h4,6-7,10-15,30H,5,8-9,17,36H2,1-3H3. The van der Waals surface area contributed by atoms with E-state index >= 15 is 0 Å². The lowest BCUT2D eigenvalue weighted by Gasteiger charge is -2.40. The van der Waals surface area contributed by atoms with Gasteiger partial charge in [-0.2, -0.15) is 5.26 Å². The van der Waals surface area contributed by atoms with Crippen LogP contribution in [-0.4, -0.2) is 5.78 Å². The number of carbonyl (C=O) groups excluding carboxylic acids is 1. The molecular formula is C32H29ClFN3OS. The van der Waals surface area contributed by atoms with Crippen LogP contribution in [0, 0.1) is 37.9 Å². The average molecular weight is 558 g/mol. The number of nitrogens with zero attached hydrogens (tertiary/aromatic N) is 2. The van der Waals surface area contributed by atoms with E-state index in [1.54, 1.807) is 23.9 Å². The van der Waals surface area contributed by atoms with E-state index < -0.39 is 5.92 Å². The fourth-order valence-electron chi connectivity index (χ4n) is 5.62. The van der Waals surface area contributed by atoms with Crippen LogP contribution in [0.3, 0.4) is 0 Å². The third-order valence-electron chi connectivity index (χ3n) is 7.61. The fraction of sp³-hybridized carbons (Fsp3) is 0.250. The van der Waals surface area contributed by atoms with Crippen molar-refractivity contribution in [2.75, 3.05) is 4.90 Å². The number of carbonyl (C=O) groups is 1. The van der Waals surface area contributed by atoms with Crippen molar-refractivity contribution in [1.29, 1.82) is 5.26 Å². The molecular weight excluding hydrogens is 529 g/mol. The fourth-order valence-corrected chi connectivity index (χ4v) is 6.74. The number of Topliss-reactive ketones (excluding diaryl/α,β-unsaturated/α-hetero) is 1. The first-order chi connectivity index (χ1) is 18.7. The van der Waals surface area contributed by atoms with E-state index in [-0.39, 0.29) is 11.6 Å². The van der Waals surface area contributed by atoms with E-state index in [4.69, 9.17) is 17.3 Å². The van der Waals surface area contributed by atoms with Gasteiger partial charge in [0.25, 0.3) is 0 Å². The summed E-state index contributed by atoms with van der Waals surface area (Å²) in [6.45, 7) is 5.99. The summed E-state index contributed by atoms with van der Waals surface area (Å²) < 4.78 is 13.4. The van der Waals surface area contributed by atoms with Crippen molar-refractivity contribution in [3.8, 4) is 6.07 Å². The molecule has 3 aromatic rings. The van der Waals surface area contributed by atoms with E-state index in [2.05, 4.69) is 18.2 Å². The second-order valence-corrected chi connectivity index (χ2v) is 11.5. The van der Waals surface area contributed by atoms with Gasteiger partial charge in [-0.05, 0) is 92.3 Å². The van der Waals surface area contributed by atoms with Crippen LogP contribution in [0.1, 0.15) is 53.0 Å². The van der Waals surface area contributed by atoms with Crippen molar-refractivity contribution in [3.05, 3.63) is 116 Å². The number of hydrogen-bond donors (Lipinski definition) is 1. The molecule has 0 saturated carbocycles. The highest BCUT2D eigenvalue weighted by Crippen LogP contribution is 2.48. The Morgan fingerprint density at radius 2 is 1.85 bits per heavy atom. The van der Waals surface area contributed by atoms with Crippen molar-refractivity contribution in [1.82, 2.24) is 0 Å². The van der Waals surface area contributed by atoms with Gasteiger partial charge in [0.2, 0.25) is 0 Å². The molecule has 0 radical (unpaired) electrons. The summed E-state index contributed by atoms with van der Waals surface area (Å²) in [7, 11) is 0. The minimum Gasteiger partial charge on any atom is -0.384 e. The van der Waals surface area contributed by atoms with Crippen LogP contribution in [-0.2, 0) is 10.5 Å². The summed E-state index contributed by atoms with van der Waals surface area (Å²) in [5, 5.41) is 11.1. The van der Waals surface area contributed by atoms with Crippen LogP contribution in [0.15, 0.2) is 82.2 Å². The van der Waals surface area contributed by atoms with Gasteiger partial charge in [0.15, 0.2) is 5.78 Å². The van der Waals surface area contributed by atoms with E-state index in [1.165, 1.54) is 12.1 Å². The molecule has 0 fully saturated rings. The zero-order chi connectivity index (χ0) is 27.8. The van der Waals surface area contributed by atoms with Gasteiger partial charge in [-0.1, -0.05) is 35.4 Å². The average Bonchev–Trinajstić information content (AvgIpc) is 2.91. The molecule has 1 unspecified atom stereocenters. The van der Waals surface area contributed by atoms with E-state index in [9.17, 15) is 14.4 Å². The Morgan fingerprint density at radius 1 is 1.10 bits per heavy atom. The van der Waals surface area contributed by atoms with Crippen molar-refractivity contribution >= 4 is 34.8 Å². The number of ketones is 1. The van der Waals surface area contributed by atoms with Crippen molar-refractivity contribution in [3.63, 3.8) is 0 Å². The maximum atomic E-state index is 13.6. The first kappa shape index (κ1) is 27.1. The highest BCUT2D eigenvalue weighted by atomic mass is 35.5. The maximum absolute atomic E-state index is 13.6. The van der Waals surface area contributed by atoms with Crippen molar-refractivity contribution in [2.24, 2.45) is 5.73 Å². The molecule has 0 saturated heterocycles. The van der Waals surface area contributed by atoms with Gasteiger partial charge in [0, 0.05) is 33.4 Å². The Hall–Kier alpha value is -3.53. The number of anilines is 1. The molecule has 1 aliphatic heterocycles. The summed E-state index contributed by atoms with van der Waals surface area (Å²) in [5.41, 5.74) is 14.4. The first-order valence-corrected chi connectivity index (χ1v) is 14.3. The normalized spacial score (nSPS) is 17.4. The minimum atomic E-state index is -0.539. The lowest BCUT2D eigenvalue weighted by Crippen LogP contribution is -2.39. The molecule has 2 aliphatic rings. The number of halogens is 2. The number of aryl methyl sites for hydroxylation is 1. The van der Waals surface area contributed by atoms with Gasteiger partial charge >= 0.3 is 0 Å². The third kappa shape index (κ3) is 4.97. The molecule has 198 valence electrons. The zero-order valence-electron chi connectivity index (χ0n) is 22.1. The Balaban J connectivity index is 1.65. The number of hydrogen-bond acceptors (Lipinski definition) is 5. The second-order valence-electron chi connectivity index (χ2n) is 10.1. The van der Waals surface area contributed by atoms with E-state index in [1.807, 2.05) is 43.9 Å². The van der Waals surface area contributed by atoms with Crippen LogP contribution in [0.4, 0.5) is 10.1 Å². The maximum Gasteiger partial charge on any atom is 0.161 e. The molecule has 0 amide bonds. The molecule has 2 N–H and O–H groups in total. The lowest BCUT2D eigenvalue weighted by molar-refractivity contribution is -0.116. The SMILES string of the molecule is Cc1cc(CSc2ccc(F)cc2)c(C)c(C2C(C#N)=C(N)N(c3cccc(Cl)c3C)C3=C2C(=O)CCC3)c1. The van der Waals surface area contributed by atoms with Gasteiger partial charge < -0.3 is 5.73 Å². The van der Waals surface area contributed by atoms with Crippen LogP contribution < -0.4 is 10.6 Å². The van der Waals surface area contributed by atoms with Crippen LogP contribution in [0.25, 0.3) is 0 Å². The van der Waals surface area contributed by atoms with Gasteiger partial charge in [-0.15, -0.1) is 11.8 Å². The Bertz CT molecular complexity index is 1590. The number of allylic oxidation sites excluding steroid dienone is 3. The Morgan fingerprint density at radius 3 is 2.56 bits per heavy atom. The number of rotatable bonds is 5. The highest BCUT2D eigenvalue weighted by molar-refractivity contribution is 7.98. The van der Waals surface area contributed by atoms with Gasteiger partial charge in [0.1, 0.15) is 11.6 Å². The summed E-state index contributed by atoms with van der Waals surface area (Å²) in [6, 6.07) is 18.7. The molecule has 1 aliphatic carbocycles. The predicted octanol–water partition coefficient (Wildman–Crippen LogP) is 8.00. The molecule has 1 atom stereocenters. The van der Waals surface area contributed by atoms with E-state index in [0.717, 1.165) is 50.5 Å². The minimum absolute atomic E-state index is 0.0503. The molecule has 0 bridgehead atoms. The van der Waals surface area contributed by atoms with Crippen molar-refractivity contribution < 1.29 is 9.18 Å².